The summed E-state index contributed by atoms with van der Waals surface area (Å²) in [4.78, 5) is 12.8. The molecule has 0 aliphatic carbocycles. The van der Waals surface area contributed by atoms with E-state index in [0.717, 1.165) is 32.5 Å². The molecule has 1 fully saturated rings. The molecule has 0 aromatic rings. The van der Waals surface area contributed by atoms with Crippen LogP contribution in [0, 0.1) is 5.92 Å². The molecule has 0 amide bonds. The molecule has 3 nitrogen and oxygen atoms in total. The summed E-state index contributed by atoms with van der Waals surface area (Å²) in [5, 5.41) is 8.72. The van der Waals surface area contributed by atoms with Gasteiger partial charge in [-0.3, -0.25) is 4.79 Å². The lowest BCUT2D eigenvalue weighted by Gasteiger charge is -2.29. The second kappa shape index (κ2) is 7.80. The fourth-order valence-corrected chi connectivity index (χ4v) is 1.54. The van der Waals surface area contributed by atoms with Gasteiger partial charge in [-0.1, -0.05) is 27.2 Å². The van der Waals surface area contributed by atoms with E-state index in [0.29, 0.717) is 0 Å². The van der Waals surface area contributed by atoms with Gasteiger partial charge in [0.05, 0.1) is 5.92 Å². The van der Waals surface area contributed by atoms with E-state index in [9.17, 15) is 4.79 Å². The lowest BCUT2D eigenvalue weighted by molar-refractivity contribution is -0.143. The third-order valence-corrected chi connectivity index (χ3v) is 2.30. The van der Waals surface area contributed by atoms with Crippen LogP contribution in [0.2, 0.25) is 0 Å². The summed E-state index contributed by atoms with van der Waals surface area (Å²) in [6.07, 6.45) is 3.14. The maximum Gasteiger partial charge on any atom is 0.307 e. The molecule has 1 rings (SSSR count). The third-order valence-electron chi connectivity index (χ3n) is 2.30. The monoisotopic (exact) mass is 201 g/mol. The zero-order valence-electron chi connectivity index (χ0n) is 9.62. The van der Waals surface area contributed by atoms with Gasteiger partial charge in [0.1, 0.15) is 0 Å². The quantitative estimate of drug-likeness (QED) is 0.744. The van der Waals surface area contributed by atoms with Crippen LogP contribution >= 0.6 is 0 Å². The highest BCUT2D eigenvalue weighted by molar-refractivity contribution is 5.70. The second-order valence-corrected chi connectivity index (χ2v) is 3.78. The fourth-order valence-electron chi connectivity index (χ4n) is 1.54. The summed E-state index contributed by atoms with van der Waals surface area (Å²) in [6, 6.07) is 0. The van der Waals surface area contributed by atoms with Gasteiger partial charge in [-0.15, -0.1) is 0 Å². The van der Waals surface area contributed by atoms with E-state index in [-0.39, 0.29) is 5.92 Å². The van der Waals surface area contributed by atoms with Crippen molar-refractivity contribution in [3.63, 3.8) is 0 Å². The molecular weight excluding hydrogens is 178 g/mol. The van der Waals surface area contributed by atoms with Crippen LogP contribution in [0.1, 0.15) is 40.0 Å². The highest BCUT2D eigenvalue weighted by atomic mass is 16.4. The fraction of sp³-hybridized carbons (Fsp3) is 0.909. The Morgan fingerprint density at radius 2 is 2.00 bits per heavy atom. The predicted octanol–water partition coefficient (Wildman–Crippen LogP) is 2.22. The largest absolute Gasteiger partial charge is 0.481 e. The zero-order valence-corrected chi connectivity index (χ0v) is 9.62. The van der Waals surface area contributed by atoms with Gasteiger partial charge in [0, 0.05) is 6.54 Å². The van der Waals surface area contributed by atoms with E-state index < -0.39 is 5.97 Å². The first-order valence-corrected chi connectivity index (χ1v) is 5.60. The Bertz CT molecular complexity index is 159. The van der Waals surface area contributed by atoms with E-state index in [4.69, 9.17) is 5.11 Å². The number of rotatable bonds is 2. The average Bonchev–Trinajstić information content (AvgIpc) is 2.19. The lowest BCUT2D eigenvalue weighted by Crippen LogP contribution is -2.38. The SMILES string of the molecule is CCC.CCN1CCCC(C(=O)O)C1. The topological polar surface area (TPSA) is 40.5 Å². The van der Waals surface area contributed by atoms with Crippen LogP contribution in [-0.2, 0) is 4.79 Å². The van der Waals surface area contributed by atoms with E-state index >= 15 is 0 Å². The van der Waals surface area contributed by atoms with Crippen molar-refractivity contribution in [2.75, 3.05) is 19.6 Å². The molecule has 0 spiro atoms. The molecule has 1 unspecified atom stereocenters. The zero-order chi connectivity index (χ0) is 11.0. The molecule has 0 saturated carbocycles. The molecule has 0 radical (unpaired) electrons. The van der Waals surface area contributed by atoms with Crippen molar-refractivity contribution in [1.29, 1.82) is 0 Å². The van der Waals surface area contributed by atoms with Crippen molar-refractivity contribution >= 4 is 5.97 Å². The summed E-state index contributed by atoms with van der Waals surface area (Å²) in [5.74, 6) is -0.758. The number of carboxylic acid groups (broad SMARTS) is 1. The Morgan fingerprint density at radius 1 is 1.43 bits per heavy atom. The molecular formula is C11H23NO2. The predicted molar refractivity (Wildman–Crippen MR) is 58.4 cm³/mol. The highest BCUT2D eigenvalue weighted by Gasteiger charge is 2.23. The second-order valence-electron chi connectivity index (χ2n) is 3.78. The van der Waals surface area contributed by atoms with Crippen LogP contribution in [0.15, 0.2) is 0 Å². The van der Waals surface area contributed by atoms with Crippen LogP contribution in [0.25, 0.3) is 0 Å². The van der Waals surface area contributed by atoms with Crippen LogP contribution in [0.5, 0.6) is 0 Å². The minimum Gasteiger partial charge on any atom is -0.481 e. The Morgan fingerprint density at radius 3 is 2.43 bits per heavy atom. The molecule has 0 aromatic carbocycles. The van der Waals surface area contributed by atoms with Crippen molar-refractivity contribution < 1.29 is 9.90 Å². The number of nitrogens with zero attached hydrogens (tertiary/aromatic N) is 1. The maximum absolute atomic E-state index is 10.6. The first-order chi connectivity index (χ1) is 6.65. The summed E-state index contributed by atoms with van der Waals surface area (Å²) in [7, 11) is 0. The average molecular weight is 201 g/mol. The Kier molecular flexibility index (Phi) is 7.48. The third kappa shape index (κ3) is 5.22. The van der Waals surface area contributed by atoms with Crippen molar-refractivity contribution in [1.82, 2.24) is 4.90 Å². The Balaban J connectivity index is 0.000000500. The number of carboxylic acids is 1. The lowest BCUT2D eigenvalue weighted by atomic mass is 9.98. The molecule has 1 atom stereocenters. The van der Waals surface area contributed by atoms with Gasteiger partial charge in [0.25, 0.3) is 0 Å². The van der Waals surface area contributed by atoms with Crippen molar-refractivity contribution in [2.45, 2.75) is 40.0 Å². The van der Waals surface area contributed by atoms with E-state index in [2.05, 4.69) is 25.7 Å². The van der Waals surface area contributed by atoms with E-state index in [1.54, 1.807) is 0 Å². The van der Waals surface area contributed by atoms with E-state index in [1.165, 1.54) is 6.42 Å². The summed E-state index contributed by atoms with van der Waals surface area (Å²) in [6.45, 7) is 9.11. The number of carbonyl (C=O) groups is 1. The standard InChI is InChI=1S/C8H15NO2.C3H8/c1-2-9-5-3-4-7(6-9)8(10)11;1-3-2/h7H,2-6H2,1H3,(H,10,11);3H2,1-2H3. The van der Waals surface area contributed by atoms with Gasteiger partial charge >= 0.3 is 5.97 Å². The molecule has 0 bridgehead atoms. The number of likely N-dealkylation sites (tertiary alicyclic amines) is 1. The molecule has 14 heavy (non-hydrogen) atoms. The summed E-state index contributed by atoms with van der Waals surface area (Å²) < 4.78 is 0. The minimum absolute atomic E-state index is 0.122. The summed E-state index contributed by atoms with van der Waals surface area (Å²) in [5.41, 5.74) is 0. The van der Waals surface area contributed by atoms with Crippen LogP contribution < -0.4 is 0 Å². The van der Waals surface area contributed by atoms with Gasteiger partial charge in [0.15, 0.2) is 0 Å². The first kappa shape index (κ1) is 13.4. The number of piperidine rings is 1. The van der Waals surface area contributed by atoms with Crippen molar-refractivity contribution in [2.24, 2.45) is 5.92 Å². The van der Waals surface area contributed by atoms with Crippen LogP contribution in [-0.4, -0.2) is 35.6 Å². The minimum atomic E-state index is -0.636. The number of hydrogen-bond donors (Lipinski definition) is 1. The number of hydrogen-bond acceptors (Lipinski definition) is 2. The van der Waals surface area contributed by atoms with Gasteiger partial charge in [-0.25, -0.2) is 0 Å². The first-order valence-electron chi connectivity index (χ1n) is 5.60. The van der Waals surface area contributed by atoms with Crippen LogP contribution in [0.3, 0.4) is 0 Å². The van der Waals surface area contributed by atoms with E-state index in [1.807, 2.05) is 0 Å². The summed E-state index contributed by atoms with van der Waals surface area (Å²) >= 11 is 0. The normalized spacial score (nSPS) is 22.4. The smallest absolute Gasteiger partial charge is 0.307 e. The molecule has 1 heterocycles. The highest BCUT2D eigenvalue weighted by Crippen LogP contribution is 2.15. The molecule has 0 aromatic heterocycles. The number of aliphatic carboxylic acids is 1. The molecule has 1 saturated heterocycles. The van der Waals surface area contributed by atoms with Gasteiger partial charge in [0.2, 0.25) is 0 Å². The Labute approximate surface area is 87.1 Å². The van der Waals surface area contributed by atoms with Crippen LogP contribution in [0.4, 0.5) is 0 Å². The van der Waals surface area contributed by atoms with Gasteiger partial charge < -0.3 is 10.0 Å². The molecule has 1 N–H and O–H groups in total. The molecule has 3 heteroatoms. The maximum atomic E-state index is 10.6. The molecule has 1 aliphatic rings. The molecule has 84 valence electrons. The van der Waals surface area contributed by atoms with Crippen molar-refractivity contribution in [3.8, 4) is 0 Å². The Hall–Kier alpha value is -0.570. The molecule has 1 aliphatic heterocycles. The van der Waals surface area contributed by atoms with Crippen molar-refractivity contribution in [3.05, 3.63) is 0 Å². The van der Waals surface area contributed by atoms with Gasteiger partial charge in [-0.2, -0.15) is 0 Å². The van der Waals surface area contributed by atoms with Gasteiger partial charge in [-0.05, 0) is 25.9 Å².